The Labute approximate surface area is 124 Å². The van der Waals surface area contributed by atoms with Gasteiger partial charge in [0.2, 0.25) is 0 Å². The number of amides is 1. The zero-order valence-corrected chi connectivity index (χ0v) is 12.4. The van der Waals surface area contributed by atoms with Crippen molar-refractivity contribution in [3.05, 3.63) is 28.2 Å². The maximum atomic E-state index is 12.2. The molecule has 0 aliphatic heterocycles. The van der Waals surface area contributed by atoms with Gasteiger partial charge < -0.3 is 10.4 Å². The first kappa shape index (κ1) is 15.7. The van der Waals surface area contributed by atoms with Gasteiger partial charge in [-0.25, -0.2) is 4.68 Å². The molecule has 116 valence electrons. The van der Waals surface area contributed by atoms with Gasteiger partial charge in [0.15, 0.2) is 0 Å². The van der Waals surface area contributed by atoms with Crippen molar-refractivity contribution in [1.29, 1.82) is 0 Å². The first-order chi connectivity index (χ1) is 10.2. The van der Waals surface area contributed by atoms with Crippen molar-refractivity contribution in [3.8, 4) is 0 Å². The summed E-state index contributed by atoms with van der Waals surface area (Å²) in [7, 11) is 0. The molecule has 1 fully saturated rings. The molecular formula is C15H23N3O3. The number of aryl methyl sites for hydroxylation is 1. The number of rotatable bonds is 6. The van der Waals surface area contributed by atoms with Crippen LogP contribution in [-0.2, 0) is 6.54 Å². The highest BCUT2D eigenvalue weighted by molar-refractivity contribution is 5.92. The van der Waals surface area contributed by atoms with Crippen LogP contribution in [0.4, 0.5) is 0 Å². The van der Waals surface area contributed by atoms with Crippen LogP contribution in [0.2, 0.25) is 0 Å². The first-order valence-corrected chi connectivity index (χ1v) is 7.65. The van der Waals surface area contributed by atoms with E-state index in [-0.39, 0.29) is 35.7 Å². The molecule has 21 heavy (non-hydrogen) atoms. The molecule has 1 aromatic rings. The molecular weight excluding hydrogens is 270 g/mol. The highest BCUT2D eigenvalue weighted by atomic mass is 16.3. The first-order valence-electron chi connectivity index (χ1n) is 7.65. The zero-order valence-electron chi connectivity index (χ0n) is 12.4. The fourth-order valence-corrected chi connectivity index (χ4v) is 2.73. The number of unbranched alkanes of at least 4 members (excludes halogenated alkanes) is 1. The van der Waals surface area contributed by atoms with Crippen molar-refractivity contribution in [2.75, 3.05) is 6.61 Å². The van der Waals surface area contributed by atoms with E-state index in [9.17, 15) is 14.7 Å². The molecule has 1 saturated carbocycles. The van der Waals surface area contributed by atoms with E-state index < -0.39 is 0 Å². The standard InChI is InChI=1S/C15H23N3O3/c1-2-3-9-18-14(20)8-7-13(17-18)15(21)16-12-6-4-5-11(12)10-19/h7-8,11-12,19H,2-6,9-10H2,1H3,(H,16,21). The van der Waals surface area contributed by atoms with Crippen LogP contribution in [0.5, 0.6) is 0 Å². The van der Waals surface area contributed by atoms with E-state index in [1.165, 1.54) is 16.8 Å². The number of carbonyl (C=O) groups excluding carboxylic acids is 1. The number of nitrogens with zero attached hydrogens (tertiary/aromatic N) is 2. The van der Waals surface area contributed by atoms with Gasteiger partial charge in [-0.1, -0.05) is 19.8 Å². The molecule has 1 aliphatic carbocycles. The van der Waals surface area contributed by atoms with Crippen LogP contribution >= 0.6 is 0 Å². The number of carbonyl (C=O) groups is 1. The normalized spacial score (nSPS) is 21.4. The van der Waals surface area contributed by atoms with E-state index in [1.54, 1.807) is 0 Å². The minimum absolute atomic E-state index is 0.000296. The summed E-state index contributed by atoms with van der Waals surface area (Å²) in [4.78, 5) is 23.9. The molecule has 2 atom stereocenters. The van der Waals surface area contributed by atoms with Crippen LogP contribution in [0, 0.1) is 5.92 Å². The molecule has 1 aromatic heterocycles. The number of aliphatic hydroxyl groups is 1. The summed E-state index contributed by atoms with van der Waals surface area (Å²) in [6, 6.07) is 2.85. The van der Waals surface area contributed by atoms with Gasteiger partial charge in [-0.3, -0.25) is 9.59 Å². The second-order valence-corrected chi connectivity index (χ2v) is 5.59. The van der Waals surface area contributed by atoms with Crippen molar-refractivity contribution in [2.24, 2.45) is 5.92 Å². The van der Waals surface area contributed by atoms with Crippen molar-refractivity contribution < 1.29 is 9.90 Å². The van der Waals surface area contributed by atoms with E-state index in [4.69, 9.17) is 0 Å². The summed E-state index contributed by atoms with van der Waals surface area (Å²) < 4.78 is 1.34. The Balaban J connectivity index is 2.06. The van der Waals surface area contributed by atoms with Crippen molar-refractivity contribution >= 4 is 5.91 Å². The maximum absolute atomic E-state index is 12.2. The predicted octanol–water partition coefficient (Wildman–Crippen LogP) is 0.934. The fraction of sp³-hybridized carbons (Fsp3) is 0.667. The van der Waals surface area contributed by atoms with Crippen molar-refractivity contribution in [3.63, 3.8) is 0 Å². The molecule has 0 radical (unpaired) electrons. The summed E-state index contributed by atoms with van der Waals surface area (Å²) in [6.45, 7) is 2.66. The summed E-state index contributed by atoms with van der Waals surface area (Å²) >= 11 is 0. The average molecular weight is 293 g/mol. The van der Waals surface area contributed by atoms with E-state index in [0.29, 0.717) is 6.54 Å². The molecule has 1 aliphatic rings. The lowest BCUT2D eigenvalue weighted by atomic mass is 10.1. The largest absolute Gasteiger partial charge is 0.396 e. The number of nitrogens with one attached hydrogen (secondary N) is 1. The van der Waals surface area contributed by atoms with Crippen LogP contribution in [0.25, 0.3) is 0 Å². The van der Waals surface area contributed by atoms with Gasteiger partial charge in [0.05, 0.1) is 0 Å². The monoisotopic (exact) mass is 293 g/mol. The minimum Gasteiger partial charge on any atom is -0.396 e. The van der Waals surface area contributed by atoms with Crippen LogP contribution in [-0.4, -0.2) is 33.4 Å². The molecule has 2 unspecified atom stereocenters. The number of hydrogen-bond donors (Lipinski definition) is 2. The lowest BCUT2D eigenvalue weighted by molar-refractivity contribution is 0.0908. The van der Waals surface area contributed by atoms with Crippen LogP contribution < -0.4 is 10.9 Å². The summed E-state index contributed by atoms with van der Waals surface area (Å²) in [5.41, 5.74) is 0.0726. The van der Waals surface area contributed by atoms with Gasteiger partial charge in [0.25, 0.3) is 11.5 Å². The van der Waals surface area contributed by atoms with Crippen LogP contribution in [0.3, 0.4) is 0 Å². The van der Waals surface area contributed by atoms with Gasteiger partial charge in [-0.15, -0.1) is 0 Å². The van der Waals surface area contributed by atoms with Gasteiger partial charge >= 0.3 is 0 Å². The maximum Gasteiger partial charge on any atom is 0.271 e. The van der Waals surface area contributed by atoms with Crippen LogP contribution in [0.15, 0.2) is 16.9 Å². The van der Waals surface area contributed by atoms with E-state index in [2.05, 4.69) is 10.4 Å². The van der Waals surface area contributed by atoms with Crippen molar-refractivity contribution in [1.82, 2.24) is 15.1 Å². The molecule has 6 nitrogen and oxygen atoms in total. The summed E-state index contributed by atoms with van der Waals surface area (Å²) in [6.07, 6.45) is 4.65. The Hall–Kier alpha value is -1.69. The molecule has 2 N–H and O–H groups in total. The third-order valence-corrected chi connectivity index (χ3v) is 4.03. The number of aromatic nitrogens is 2. The third-order valence-electron chi connectivity index (χ3n) is 4.03. The lowest BCUT2D eigenvalue weighted by Crippen LogP contribution is -2.39. The van der Waals surface area contributed by atoms with Crippen molar-refractivity contribution in [2.45, 2.75) is 51.6 Å². The Morgan fingerprint density at radius 2 is 2.29 bits per heavy atom. The van der Waals surface area contributed by atoms with Gasteiger partial charge in [0.1, 0.15) is 5.69 Å². The second kappa shape index (κ2) is 7.36. The van der Waals surface area contributed by atoms with Gasteiger partial charge in [0, 0.05) is 31.2 Å². The molecule has 6 heteroatoms. The molecule has 0 spiro atoms. The molecule has 1 amide bonds. The number of aliphatic hydroxyl groups excluding tert-OH is 1. The predicted molar refractivity (Wildman–Crippen MR) is 79.1 cm³/mol. The summed E-state index contributed by atoms with van der Waals surface area (Å²) in [5.74, 6) is -0.148. The molecule has 2 rings (SSSR count). The molecule has 1 heterocycles. The molecule has 0 bridgehead atoms. The van der Waals surface area contributed by atoms with E-state index >= 15 is 0 Å². The Bertz CT molecular complexity index is 541. The van der Waals surface area contributed by atoms with Crippen LogP contribution in [0.1, 0.15) is 49.5 Å². The number of hydrogen-bond acceptors (Lipinski definition) is 4. The topological polar surface area (TPSA) is 84.2 Å². The quantitative estimate of drug-likeness (QED) is 0.817. The molecule has 0 saturated heterocycles. The lowest BCUT2D eigenvalue weighted by Gasteiger charge is -2.18. The highest BCUT2D eigenvalue weighted by Gasteiger charge is 2.28. The average Bonchev–Trinajstić information content (AvgIpc) is 2.93. The fourth-order valence-electron chi connectivity index (χ4n) is 2.73. The Morgan fingerprint density at radius 1 is 1.48 bits per heavy atom. The second-order valence-electron chi connectivity index (χ2n) is 5.59. The smallest absolute Gasteiger partial charge is 0.271 e. The Morgan fingerprint density at radius 3 is 3.00 bits per heavy atom. The zero-order chi connectivity index (χ0) is 15.2. The Kier molecular flexibility index (Phi) is 5.50. The van der Waals surface area contributed by atoms with E-state index in [1.807, 2.05) is 6.92 Å². The van der Waals surface area contributed by atoms with E-state index in [0.717, 1.165) is 32.1 Å². The minimum atomic E-state index is -0.273. The summed E-state index contributed by atoms with van der Waals surface area (Å²) in [5, 5.41) is 16.3. The SMILES string of the molecule is CCCCn1nc(C(=O)NC2CCCC2CO)ccc1=O. The third kappa shape index (κ3) is 3.91. The van der Waals surface area contributed by atoms with Gasteiger partial charge in [-0.05, 0) is 25.3 Å². The highest BCUT2D eigenvalue weighted by Crippen LogP contribution is 2.25. The van der Waals surface area contributed by atoms with Gasteiger partial charge in [-0.2, -0.15) is 5.10 Å². The molecule has 0 aromatic carbocycles.